The minimum Gasteiger partial charge on any atom is -0.296 e. The van der Waals surface area contributed by atoms with Crippen LogP contribution in [0.1, 0.15) is 35.1 Å². The molecule has 0 radical (unpaired) electrons. The maximum Gasteiger partial charge on any atom is 0.243 e. The van der Waals surface area contributed by atoms with Gasteiger partial charge in [-0.2, -0.15) is 9.57 Å². The van der Waals surface area contributed by atoms with E-state index in [0.29, 0.717) is 36.6 Å². The molecule has 2 aromatic carbocycles. The number of sulfonamides is 1. The van der Waals surface area contributed by atoms with E-state index in [-0.39, 0.29) is 0 Å². The Labute approximate surface area is 167 Å². The number of fused-ring (bicyclic) bond motifs is 1. The Morgan fingerprint density at radius 2 is 1.57 bits per heavy atom. The van der Waals surface area contributed by atoms with Crippen LogP contribution in [0.5, 0.6) is 0 Å². The molecule has 28 heavy (non-hydrogen) atoms. The van der Waals surface area contributed by atoms with Crippen molar-refractivity contribution in [3.05, 3.63) is 64.7 Å². The summed E-state index contributed by atoms with van der Waals surface area (Å²) in [6, 6.07) is 15.4. The van der Waals surface area contributed by atoms with Gasteiger partial charge < -0.3 is 0 Å². The third-order valence-electron chi connectivity index (χ3n) is 5.78. The maximum atomic E-state index is 13.1. The van der Waals surface area contributed by atoms with Gasteiger partial charge in [0.1, 0.15) is 0 Å². The number of nitriles is 1. The molecule has 2 aliphatic rings. The summed E-state index contributed by atoms with van der Waals surface area (Å²) < 4.78 is 27.8. The average molecular weight is 396 g/mol. The van der Waals surface area contributed by atoms with Gasteiger partial charge in [0.25, 0.3) is 0 Å². The molecule has 6 heteroatoms. The first kappa shape index (κ1) is 19.1. The highest BCUT2D eigenvalue weighted by Crippen LogP contribution is 2.26. The molecule has 4 rings (SSSR count). The van der Waals surface area contributed by atoms with Crippen molar-refractivity contribution in [1.29, 1.82) is 5.26 Å². The van der Waals surface area contributed by atoms with Crippen molar-refractivity contribution in [3.63, 3.8) is 0 Å². The fraction of sp³-hybridized carbons (Fsp3) is 0.409. The molecule has 1 heterocycles. The average Bonchev–Trinajstić information content (AvgIpc) is 2.74. The first-order valence-electron chi connectivity index (χ1n) is 9.89. The van der Waals surface area contributed by atoms with Crippen molar-refractivity contribution < 1.29 is 8.42 Å². The summed E-state index contributed by atoms with van der Waals surface area (Å²) in [6.07, 6.45) is 4.38. The van der Waals surface area contributed by atoms with Gasteiger partial charge in [0.15, 0.2) is 0 Å². The van der Waals surface area contributed by atoms with E-state index in [4.69, 9.17) is 5.26 Å². The Hall–Kier alpha value is -2.20. The number of hydrogen-bond acceptors (Lipinski definition) is 4. The van der Waals surface area contributed by atoms with Crippen molar-refractivity contribution in [2.45, 2.75) is 37.1 Å². The zero-order valence-corrected chi connectivity index (χ0v) is 16.8. The van der Waals surface area contributed by atoms with Gasteiger partial charge in [-0.3, -0.25) is 4.90 Å². The Bertz CT molecular complexity index is 985. The van der Waals surface area contributed by atoms with E-state index < -0.39 is 10.0 Å². The highest BCUT2D eigenvalue weighted by Gasteiger charge is 2.29. The predicted molar refractivity (Wildman–Crippen MR) is 108 cm³/mol. The van der Waals surface area contributed by atoms with Gasteiger partial charge >= 0.3 is 0 Å². The van der Waals surface area contributed by atoms with Gasteiger partial charge in [0, 0.05) is 32.7 Å². The Kier molecular flexibility index (Phi) is 5.49. The summed E-state index contributed by atoms with van der Waals surface area (Å²) in [5.41, 5.74) is 4.30. The molecule has 5 nitrogen and oxygen atoms in total. The normalized spacial score (nSPS) is 18.4. The highest BCUT2D eigenvalue weighted by molar-refractivity contribution is 7.89. The second-order valence-electron chi connectivity index (χ2n) is 7.63. The lowest BCUT2D eigenvalue weighted by atomic mass is 9.92. The van der Waals surface area contributed by atoms with Crippen LogP contribution in [-0.4, -0.2) is 43.8 Å². The molecular formula is C22H25N3O2S. The van der Waals surface area contributed by atoms with E-state index in [0.717, 1.165) is 31.4 Å². The minimum absolute atomic E-state index is 0.439. The molecule has 0 bridgehead atoms. The Morgan fingerprint density at radius 3 is 2.25 bits per heavy atom. The topological polar surface area (TPSA) is 64.4 Å². The van der Waals surface area contributed by atoms with Crippen LogP contribution in [0.25, 0.3) is 0 Å². The van der Waals surface area contributed by atoms with Crippen LogP contribution in [0.4, 0.5) is 0 Å². The lowest BCUT2D eigenvalue weighted by Gasteiger charge is -2.34. The summed E-state index contributed by atoms with van der Waals surface area (Å²) in [4.78, 5) is 2.70. The lowest BCUT2D eigenvalue weighted by molar-refractivity contribution is 0.181. The van der Waals surface area contributed by atoms with Crippen molar-refractivity contribution >= 4 is 10.0 Å². The monoisotopic (exact) mass is 395 g/mol. The minimum atomic E-state index is -3.43. The van der Waals surface area contributed by atoms with Crippen molar-refractivity contribution in [1.82, 2.24) is 9.21 Å². The van der Waals surface area contributed by atoms with E-state index in [1.54, 1.807) is 10.4 Å². The molecule has 1 aliphatic heterocycles. The molecule has 0 amide bonds. The number of rotatable bonds is 4. The van der Waals surface area contributed by atoms with Crippen molar-refractivity contribution in [2.24, 2.45) is 0 Å². The van der Waals surface area contributed by atoms with E-state index in [2.05, 4.69) is 11.0 Å². The maximum absolute atomic E-state index is 13.1. The predicted octanol–water partition coefficient (Wildman–Crippen LogP) is 2.94. The van der Waals surface area contributed by atoms with E-state index in [1.165, 1.54) is 17.5 Å². The summed E-state index contributed by atoms with van der Waals surface area (Å²) in [6.45, 7) is 3.22. The summed E-state index contributed by atoms with van der Waals surface area (Å²) in [5.74, 6) is 0. The fourth-order valence-electron chi connectivity index (χ4n) is 4.09. The number of benzene rings is 2. The second kappa shape index (κ2) is 8.04. The van der Waals surface area contributed by atoms with Crippen molar-refractivity contribution in [2.75, 3.05) is 26.2 Å². The molecule has 0 saturated carbocycles. The molecule has 0 N–H and O–H groups in total. The largest absolute Gasteiger partial charge is 0.296 e. The molecule has 2 aromatic rings. The molecule has 1 saturated heterocycles. The first-order chi connectivity index (χ1) is 13.6. The summed E-state index contributed by atoms with van der Waals surface area (Å²) >= 11 is 0. The van der Waals surface area contributed by atoms with Crippen molar-refractivity contribution in [3.8, 4) is 6.07 Å². The van der Waals surface area contributed by atoms with Crippen LogP contribution >= 0.6 is 0 Å². The standard InChI is InChI=1S/C22H25N3O2S/c23-16-18-5-7-19(8-6-18)17-24-11-13-25(14-12-24)28(26,27)22-10-9-20-3-1-2-4-21(20)15-22/h5-10,15H,1-4,11-14,17H2. The van der Waals surface area contributed by atoms with Gasteiger partial charge in [-0.15, -0.1) is 0 Å². The van der Waals surface area contributed by atoms with E-state index >= 15 is 0 Å². The zero-order valence-electron chi connectivity index (χ0n) is 16.0. The molecule has 0 spiro atoms. The van der Waals surface area contributed by atoms with Gasteiger partial charge in [0.2, 0.25) is 10.0 Å². The number of piperazine rings is 1. The van der Waals surface area contributed by atoms with Crippen LogP contribution in [0, 0.1) is 11.3 Å². The Morgan fingerprint density at radius 1 is 0.893 bits per heavy atom. The van der Waals surface area contributed by atoms with Gasteiger partial charge in [-0.25, -0.2) is 8.42 Å². The number of hydrogen-bond donors (Lipinski definition) is 0. The molecule has 0 aromatic heterocycles. The third kappa shape index (κ3) is 3.97. The number of aryl methyl sites for hydroxylation is 2. The molecule has 1 aliphatic carbocycles. The van der Waals surface area contributed by atoms with Crippen LogP contribution < -0.4 is 0 Å². The quantitative estimate of drug-likeness (QED) is 0.798. The molecule has 146 valence electrons. The SMILES string of the molecule is N#Cc1ccc(CN2CCN(S(=O)(=O)c3ccc4c(c3)CCCC4)CC2)cc1. The third-order valence-corrected chi connectivity index (χ3v) is 7.67. The van der Waals surface area contributed by atoms with Gasteiger partial charge in [-0.1, -0.05) is 18.2 Å². The summed E-state index contributed by atoms with van der Waals surface area (Å²) in [7, 11) is -3.43. The summed E-state index contributed by atoms with van der Waals surface area (Å²) in [5, 5.41) is 8.89. The number of nitrogens with zero attached hydrogens (tertiary/aromatic N) is 3. The van der Waals surface area contributed by atoms with Crippen LogP contribution in [0.2, 0.25) is 0 Å². The molecule has 0 unspecified atom stereocenters. The fourth-order valence-corrected chi connectivity index (χ4v) is 5.56. The van der Waals surface area contributed by atoms with Gasteiger partial charge in [0.05, 0.1) is 16.5 Å². The molecule has 0 atom stereocenters. The lowest BCUT2D eigenvalue weighted by Crippen LogP contribution is -2.48. The molecule has 1 fully saturated rings. The van der Waals surface area contributed by atoms with Crippen LogP contribution in [0.15, 0.2) is 47.4 Å². The smallest absolute Gasteiger partial charge is 0.243 e. The second-order valence-corrected chi connectivity index (χ2v) is 9.56. The van der Waals surface area contributed by atoms with E-state index in [9.17, 15) is 8.42 Å². The van der Waals surface area contributed by atoms with Crippen LogP contribution in [0.3, 0.4) is 0 Å². The Balaban J connectivity index is 1.40. The zero-order chi connectivity index (χ0) is 19.6. The van der Waals surface area contributed by atoms with Crippen LogP contribution in [-0.2, 0) is 29.4 Å². The van der Waals surface area contributed by atoms with Gasteiger partial charge in [-0.05, 0) is 66.6 Å². The highest BCUT2D eigenvalue weighted by atomic mass is 32.2. The first-order valence-corrected chi connectivity index (χ1v) is 11.3. The molecular weight excluding hydrogens is 370 g/mol. The van der Waals surface area contributed by atoms with E-state index in [1.807, 2.05) is 36.4 Å².